The molecule has 0 saturated carbocycles. The van der Waals surface area contributed by atoms with E-state index in [1.54, 1.807) is 48.5 Å². The standard InChI is InChI=1S/C24H21N3O4/c1-2-30-18-11-13-20(14-12-18)31-19-9-7-17(8-10-19)26-24(29)16-27-22-6-4-3-5-21(22)23(28)15-25-27/h3-15H,2,16H2,1H3,(H,26,29). The van der Waals surface area contributed by atoms with Gasteiger partial charge in [-0.1, -0.05) is 12.1 Å². The first-order valence-electron chi connectivity index (χ1n) is 9.88. The van der Waals surface area contributed by atoms with Gasteiger partial charge in [0.05, 0.1) is 18.3 Å². The van der Waals surface area contributed by atoms with E-state index >= 15 is 0 Å². The molecule has 1 N–H and O–H groups in total. The molecule has 156 valence electrons. The Balaban J connectivity index is 1.39. The van der Waals surface area contributed by atoms with Crippen LogP contribution in [0.2, 0.25) is 0 Å². The maximum absolute atomic E-state index is 12.5. The van der Waals surface area contributed by atoms with Crippen LogP contribution in [-0.4, -0.2) is 22.3 Å². The number of benzene rings is 3. The van der Waals surface area contributed by atoms with E-state index in [-0.39, 0.29) is 17.9 Å². The van der Waals surface area contributed by atoms with Crippen LogP contribution in [0.25, 0.3) is 10.9 Å². The summed E-state index contributed by atoms with van der Waals surface area (Å²) < 4.78 is 12.7. The van der Waals surface area contributed by atoms with Gasteiger partial charge >= 0.3 is 0 Å². The van der Waals surface area contributed by atoms with Crippen molar-refractivity contribution in [2.24, 2.45) is 0 Å². The summed E-state index contributed by atoms with van der Waals surface area (Å²) in [6.07, 6.45) is 1.22. The number of anilines is 1. The molecule has 0 unspecified atom stereocenters. The van der Waals surface area contributed by atoms with E-state index in [4.69, 9.17) is 9.47 Å². The first-order valence-corrected chi connectivity index (χ1v) is 9.88. The number of carbonyl (C=O) groups is 1. The van der Waals surface area contributed by atoms with Crippen molar-refractivity contribution in [1.29, 1.82) is 0 Å². The van der Waals surface area contributed by atoms with E-state index in [1.807, 2.05) is 31.2 Å². The normalized spacial score (nSPS) is 10.6. The average molecular weight is 415 g/mol. The smallest absolute Gasteiger partial charge is 0.246 e. The van der Waals surface area contributed by atoms with Crippen molar-refractivity contribution in [3.05, 3.63) is 89.2 Å². The van der Waals surface area contributed by atoms with E-state index in [0.29, 0.717) is 34.7 Å². The second-order valence-electron chi connectivity index (χ2n) is 6.76. The Kier molecular flexibility index (Phi) is 5.93. The lowest BCUT2D eigenvalue weighted by atomic mass is 10.2. The van der Waals surface area contributed by atoms with Gasteiger partial charge in [-0.25, -0.2) is 0 Å². The summed E-state index contributed by atoms with van der Waals surface area (Å²) in [4.78, 5) is 24.4. The number of ether oxygens (including phenoxy) is 2. The van der Waals surface area contributed by atoms with Crippen molar-refractivity contribution in [3.63, 3.8) is 0 Å². The summed E-state index contributed by atoms with van der Waals surface area (Å²) >= 11 is 0. The molecule has 0 aliphatic heterocycles. The van der Waals surface area contributed by atoms with Gasteiger partial charge in [0, 0.05) is 11.1 Å². The highest BCUT2D eigenvalue weighted by Gasteiger charge is 2.09. The number of nitrogens with one attached hydrogen (secondary N) is 1. The molecular formula is C24H21N3O4. The Hall–Kier alpha value is -4.13. The number of nitrogens with zero attached hydrogens (tertiary/aromatic N) is 2. The molecule has 4 aromatic rings. The molecule has 3 aromatic carbocycles. The zero-order valence-corrected chi connectivity index (χ0v) is 16.9. The number of hydrogen-bond donors (Lipinski definition) is 1. The number of amides is 1. The highest BCUT2D eigenvalue weighted by atomic mass is 16.5. The number of fused-ring (bicyclic) bond motifs is 1. The SMILES string of the molecule is CCOc1ccc(Oc2ccc(NC(=O)Cn3ncc(=O)c4ccccc43)cc2)cc1. The molecule has 0 bridgehead atoms. The molecule has 0 atom stereocenters. The van der Waals surface area contributed by atoms with Crippen LogP contribution in [0.15, 0.2) is 83.8 Å². The van der Waals surface area contributed by atoms with Crippen molar-refractivity contribution < 1.29 is 14.3 Å². The third-order valence-electron chi connectivity index (χ3n) is 4.56. The second kappa shape index (κ2) is 9.13. The van der Waals surface area contributed by atoms with Gasteiger partial charge in [-0.2, -0.15) is 5.10 Å². The van der Waals surface area contributed by atoms with Gasteiger partial charge in [-0.05, 0) is 67.6 Å². The van der Waals surface area contributed by atoms with E-state index in [0.717, 1.165) is 5.75 Å². The Morgan fingerprint density at radius 1 is 0.935 bits per heavy atom. The largest absolute Gasteiger partial charge is 0.494 e. The minimum atomic E-state index is -0.249. The molecule has 0 fully saturated rings. The van der Waals surface area contributed by atoms with Crippen LogP contribution >= 0.6 is 0 Å². The summed E-state index contributed by atoms with van der Waals surface area (Å²) in [7, 11) is 0. The zero-order chi connectivity index (χ0) is 21.6. The third-order valence-corrected chi connectivity index (χ3v) is 4.56. The first-order chi connectivity index (χ1) is 15.1. The maximum Gasteiger partial charge on any atom is 0.246 e. The van der Waals surface area contributed by atoms with E-state index < -0.39 is 0 Å². The highest BCUT2D eigenvalue weighted by molar-refractivity contribution is 5.91. The Labute approximate surface area is 178 Å². The quantitative estimate of drug-likeness (QED) is 0.489. The Morgan fingerprint density at radius 2 is 1.58 bits per heavy atom. The first kappa shape index (κ1) is 20.2. The summed E-state index contributed by atoms with van der Waals surface area (Å²) in [5, 5.41) is 7.44. The molecule has 0 aliphatic rings. The van der Waals surface area contributed by atoms with Crippen LogP contribution in [0.4, 0.5) is 5.69 Å². The van der Waals surface area contributed by atoms with Crippen LogP contribution in [0.3, 0.4) is 0 Å². The van der Waals surface area contributed by atoms with Crippen LogP contribution < -0.4 is 20.2 Å². The van der Waals surface area contributed by atoms with Crippen LogP contribution in [0, 0.1) is 0 Å². The molecule has 7 nitrogen and oxygen atoms in total. The van der Waals surface area contributed by atoms with Crippen LogP contribution in [0.5, 0.6) is 17.2 Å². The highest BCUT2D eigenvalue weighted by Crippen LogP contribution is 2.25. The van der Waals surface area contributed by atoms with Crippen LogP contribution in [0.1, 0.15) is 6.92 Å². The molecule has 1 amide bonds. The van der Waals surface area contributed by atoms with Crippen molar-refractivity contribution in [3.8, 4) is 17.2 Å². The fraction of sp³-hybridized carbons (Fsp3) is 0.125. The molecular weight excluding hydrogens is 394 g/mol. The van der Waals surface area contributed by atoms with Crippen molar-refractivity contribution in [2.45, 2.75) is 13.5 Å². The molecule has 31 heavy (non-hydrogen) atoms. The van der Waals surface area contributed by atoms with Crippen molar-refractivity contribution in [1.82, 2.24) is 9.78 Å². The summed E-state index contributed by atoms with van der Waals surface area (Å²) in [6, 6.07) is 21.5. The van der Waals surface area contributed by atoms with E-state index in [2.05, 4.69) is 10.4 Å². The fourth-order valence-electron chi connectivity index (χ4n) is 3.14. The predicted octanol–water partition coefficient (Wildman–Crippen LogP) is 4.23. The summed E-state index contributed by atoms with van der Waals surface area (Å²) in [6.45, 7) is 2.54. The van der Waals surface area contributed by atoms with Gasteiger partial charge < -0.3 is 14.8 Å². The van der Waals surface area contributed by atoms with Gasteiger partial charge in [0.25, 0.3) is 0 Å². The molecule has 7 heteroatoms. The van der Waals surface area contributed by atoms with Crippen molar-refractivity contribution >= 4 is 22.5 Å². The molecule has 1 heterocycles. The molecule has 1 aromatic heterocycles. The minimum Gasteiger partial charge on any atom is -0.494 e. The number of carbonyl (C=O) groups excluding carboxylic acids is 1. The number of hydrogen-bond acceptors (Lipinski definition) is 5. The van der Waals surface area contributed by atoms with E-state index in [9.17, 15) is 9.59 Å². The van der Waals surface area contributed by atoms with Gasteiger partial charge in [0.2, 0.25) is 11.3 Å². The summed E-state index contributed by atoms with van der Waals surface area (Å²) in [5.41, 5.74) is 1.08. The monoisotopic (exact) mass is 415 g/mol. The molecule has 0 saturated heterocycles. The molecule has 0 aliphatic carbocycles. The van der Waals surface area contributed by atoms with Crippen molar-refractivity contribution in [2.75, 3.05) is 11.9 Å². The lowest BCUT2D eigenvalue weighted by molar-refractivity contribution is -0.116. The zero-order valence-electron chi connectivity index (χ0n) is 16.9. The lowest BCUT2D eigenvalue weighted by Gasteiger charge is -2.11. The topological polar surface area (TPSA) is 82.4 Å². The van der Waals surface area contributed by atoms with Crippen LogP contribution in [-0.2, 0) is 11.3 Å². The minimum absolute atomic E-state index is 0.00871. The number of para-hydroxylation sites is 1. The average Bonchev–Trinajstić information content (AvgIpc) is 2.79. The fourth-order valence-corrected chi connectivity index (χ4v) is 3.14. The Morgan fingerprint density at radius 3 is 2.29 bits per heavy atom. The number of aromatic nitrogens is 2. The molecule has 4 rings (SSSR count). The third kappa shape index (κ3) is 4.90. The van der Waals surface area contributed by atoms with Gasteiger partial charge in [0.15, 0.2) is 0 Å². The Bertz CT molecular complexity index is 1250. The molecule has 0 radical (unpaired) electrons. The lowest BCUT2D eigenvalue weighted by Crippen LogP contribution is -2.22. The van der Waals surface area contributed by atoms with Gasteiger partial charge in [0.1, 0.15) is 23.8 Å². The second-order valence-corrected chi connectivity index (χ2v) is 6.76. The molecule has 0 spiro atoms. The predicted molar refractivity (Wildman–Crippen MR) is 119 cm³/mol. The maximum atomic E-state index is 12.5. The summed E-state index contributed by atoms with van der Waals surface area (Å²) in [5.74, 6) is 1.88. The van der Waals surface area contributed by atoms with Gasteiger partial charge in [-0.3, -0.25) is 14.3 Å². The number of rotatable bonds is 7. The van der Waals surface area contributed by atoms with E-state index in [1.165, 1.54) is 10.9 Å². The van der Waals surface area contributed by atoms with Gasteiger partial charge in [-0.15, -0.1) is 0 Å².